The van der Waals surface area contributed by atoms with E-state index < -0.39 is 0 Å². The summed E-state index contributed by atoms with van der Waals surface area (Å²) in [6.45, 7) is 4.55. The van der Waals surface area contributed by atoms with Gasteiger partial charge in [-0.2, -0.15) is 0 Å². The van der Waals surface area contributed by atoms with Crippen LogP contribution in [0.5, 0.6) is 0 Å². The van der Waals surface area contributed by atoms with Crippen molar-refractivity contribution in [3.63, 3.8) is 0 Å². The van der Waals surface area contributed by atoms with Crippen molar-refractivity contribution in [3.05, 3.63) is 24.3 Å². The molecule has 0 radical (unpaired) electrons. The normalized spacial score (nSPS) is 25.3. The number of para-hydroxylation sites is 2. The average molecular weight is 217 g/mol. The fourth-order valence-corrected chi connectivity index (χ4v) is 2.92. The number of benzene rings is 1. The molecule has 86 valence electrons. The first-order valence-electron chi connectivity index (χ1n) is 6.21. The zero-order valence-corrected chi connectivity index (χ0v) is 9.74. The Labute approximate surface area is 96.8 Å². The van der Waals surface area contributed by atoms with Crippen molar-refractivity contribution in [1.29, 1.82) is 0 Å². The van der Waals surface area contributed by atoms with Crippen LogP contribution >= 0.6 is 0 Å². The number of fused-ring (bicyclic) bond motifs is 1. The number of anilines is 2. The third kappa shape index (κ3) is 1.55. The van der Waals surface area contributed by atoms with Gasteiger partial charge in [0.25, 0.3) is 0 Å². The van der Waals surface area contributed by atoms with Crippen LogP contribution in [0.1, 0.15) is 19.8 Å². The topological polar surface area (TPSA) is 27.3 Å². The lowest BCUT2D eigenvalue weighted by Gasteiger charge is -2.36. The van der Waals surface area contributed by atoms with Crippen molar-refractivity contribution >= 4 is 11.4 Å². The fraction of sp³-hybridized carbons (Fsp3) is 0.538. The molecule has 16 heavy (non-hydrogen) atoms. The lowest BCUT2D eigenvalue weighted by molar-refractivity contribution is 0.420. The Hall–Kier alpha value is -1.22. The molecule has 3 nitrogen and oxygen atoms in total. The highest BCUT2D eigenvalue weighted by Crippen LogP contribution is 2.37. The van der Waals surface area contributed by atoms with E-state index in [4.69, 9.17) is 0 Å². The highest BCUT2D eigenvalue weighted by Gasteiger charge is 2.31. The summed E-state index contributed by atoms with van der Waals surface area (Å²) in [5.74, 6) is 0. The predicted molar refractivity (Wildman–Crippen MR) is 67.9 cm³/mol. The van der Waals surface area contributed by atoms with Gasteiger partial charge < -0.3 is 15.5 Å². The first-order chi connectivity index (χ1) is 7.86. The van der Waals surface area contributed by atoms with Crippen molar-refractivity contribution in [3.8, 4) is 0 Å². The van der Waals surface area contributed by atoms with Gasteiger partial charge in [-0.15, -0.1) is 0 Å². The number of rotatable bonds is 1. The first kappa shape index (κ1) is 9.97. The molecule has 3 rings (SSSR count). The van der Waals surface area contributed by atoms with Crippen LogP contribution in [0.4, 0.5) is 11.4 Å². The van der Waals surface area contributed by atoms with E-state index in [1.165, 1.54) is 24.2 Å². The van der Waals surface area contributed by atoms with Gasteiger partial charge in [0.15, 0.2) is 0 Å². The van der Waals surface area contributed by atoms with E-state index in [0.29, 0.717) is 12.2 Å². The van der Waals surface area contributed by atoms with E-state index in [0.717, 1.165) is 13.1 Å². The SMILES string of the molecule is CC1Nc2ccccc2N1C1CCNCC1. The summed E-state index contributed by atoms with van der Waals surface area (Å²) in [5.41, 5.74) is 2.66. The molecule has 2 aliphatic heterocycles. The minimum Gasteiger partial charge on any atom is -0.364 e. The molecule has 0 aromatic heterocycles. The van der Waals surface area contributed by atoms with Crippen LogP contribution in [0, 0.1) is 0 Å². The third-order valence-corrected chi connectivity index (χ3v) is 3.67. The lowest BCUT2D eigenvalue weighted by Crippen LogP contribution is -2.47. The molecule has 0 amide bonds. The monoisotopic (exact) mass is 217 g/mol. The van der Waals surface area contributed by atoms with Gasteiger partial charge in [0.2, 0.25) is 0 Å². The van der Waals surface area contributed by atoms with Gasteiger partial charge in [-0.05, 0) is 45.0 Å². The summed E-state index contributed by atoms with van der Waals surface area (Å²) >= 11 is 0. The van der Waals surface area contributed by atoms with Crippen LogP contribution in [-0.2, 0) is 0 Å². The molecule has 2 heterocycles. The van der Waals surface area contributed by atoms with Crippen LogP contribution in [0.25, 0.3) is 0 Å². The maximum Gasteiger partial charge on any atom is 0.0965 e. The van der Waals surface area contributed by atoms with Gasteiger partial charge in [0.05, 0.1) is 17.5 Å². The van der Waals surface area contributed by atoms with Gasteiger partial charge in [-0.1, -0.05) is 12.1 Å². The van der Waals surface area contributed by atoms with Crippen LogP contribution in [0.15, 0.2) is 24.3 Å². The Balaban J connectivity index is 1.89. The molecule has 2 aliphatic rings. The molecule has 1 saturated heterocycles. The van der Waals surface area contributed by atoms with Crippen LogP contribution in [0.3, 0.4) is 0 Å². The molecule has 1 fully saturated rings. The van der Waals surface area contributed by atoms with Gasteiger partial charge in [0.1, 0.15) is 0 Å². The number of nitrogens with one attached hydrogen (secondary N) is 2. The van der Waals surface area contributed by atoms with Gasteiger partial charge in [-0.3, -0.25) is 0 Å². The Kier molecular flexibility index (Phi) is 2.48. The second-order valence-electron chi connectivity index (χ2n) is 4.73. The van der Waals surface area contributed by atoms with Crippen molar-refractivity contribution in [2.45, 2.75) is 32.0 Å². The summed E-state index contributed by atoms with van der Waals surface area (Å²) in [5, 5.41) is 6.98. The van der Waals surface area contributed by atoms with E-state index in [1.807, 2.05) is 0 Å². The molecule has 1 unspecified atom stereocenters. The highest BCUT2D eigenvalue weighted by atomic mass is 15.3. The molecule has 0 spiro atoms. The predicted octanol–water partition coefficient (Wildman–Crippen LogP) is 2.02. The zero-order chi connectivity index (χ0) is 11.0. The van der Waals surface area contributed by atoms with E-state index in [2.05, 4.69) is 46.7 Å². The number of piperidine rings is 1. The van der Waals surface area contributed by atoms with Crippen LogP contribution in [-0.4, -0.2) is 25.3 Å². The molecule has 0 aliphatic carbocycles. The smallest absolute Gasteiger partial charge is 0.0965 e. The molecule has 2 N–H and O–H groups in total. The number of hydrogen-bond acceptors (Lipinski definition) is 3. The Morgan fingerprint density at radius 2 is 1.94 bits per heavy atom. The van der Waals surface area contributed by atoms with E-state index in [9.17, 15) is 0 Å². The number of hydrogen-bond donors (Lipinski definition) is 2. The molecule has 0 saturated carbocycles. The molecule has 1 atom stereocenters. The van der Waals surface area contributed by atoms with Crippen LogP contribution < -0.4 is 15.5 Å². The van der Waals surface area contributed by atoms with E-state index >= 15 is 0 Å². The molecule has 1 aromatic carbocycles. The second-order valence-corrected chi connectivity index (χ2v) is 4.73. The van der Waals surface area contributed by atoms with Crippen molar-refractivity contribution in [2.24, 2.45) is 0 Å². The summed E-state index contributed by atoms with van der Waals surface area (Å²) < 4.78 is 0. The van der Waals surface area contributed by atoms with Gasteiger partial charge in [-0.25, -0.2) is 0 Å². The van der Waals surface area contributed by atoms with Crippen molar-refractivity contribution in [2.75, 3.05) is 23.3 Å². The molecule has 0 bridgehead atoms. The maximum atomic E-state index is 3.55. The Bertz CT molecular complexity index is 371. The van der Waals surface area contributed by atoms with Crippen LogP contribution in [0.2, 0.25) is 0 Å². The van der Waals surface area contributed by atoms with Gasteiger partial charge in [0, 0.05) is 6.04 Å². The maximum absolute atomic E-state index is 3.55. The Morgan fingerprint density at radius 3 is 2.75 bits per heavy atom. The molecule has 1 aromatic rings. The lowest BCUT2D eigenvalue weighted by atomic mass is 10.0. The first-order valence-corrected chi connectivity index (χ1v) is 6.21. The second kappa shape index (κ2) is 3.98. The highest BCUT2D eigenvalue weighted by molar-refractivity contribution is 5.76. The molecule has 3 heteroatoms. The fourth-order valence-electron chi connectivity index (χ4n) is 2.92. The minimum atomic E-state index is 0.431. The summed E-state index contributed by atoms with van der Waals surface area (Å²) in [7, 11) is 0. The average Bonchev–Trinajstić information content (AvgIpc) is 2.66. The summed E-state index contributed by atoms with van der Waals surface area (Å²) in [4.78, 5) is 2.55. The largest absolute Gasteiger partial charge is 0.364 e. The molecular formula is C13H19N3. The van der Waals surface area contributed by atoms with E-state index in [-0.39, 0.29) is 0 Å². The molecular weight excluding hydrogens is 198 g/mol. The quantitative estimate of drug-likeness (QED) is 0.753. The standard InChI is InChI=1S/C13H19N3/c1-10-15-12-4-2-3-5-13(12)16(10)11-6-8-14-9-7-11/h2-5,10-11,14-15H,6-9H2,1H3. The van der Waals surface area contributed by atoms with E-state index in [1.54, 1.807) is 0 Å². The van der Waals surface area contributed by atoms with Crippen molar-refractivity contribution in [1.82, 2.24) is 5.32 Å². The summed E-state index contributed by atoms with van der Waals surface area (Å²) in [6.07, 6.45) is 2.93. The van der Waals surface area contributed by atoms with Crippen molar-refractivity contribution < 1.29 is 0 Å². The third-order valence-electron chi connectivity index (χ3n) is 3.67. The minimum absolute atomic E-state index is 0.431. The Morgan fingerprint density at radius 1 is 1.19 bits per heavy atom. The zero-order valence-electron chi connectivity index (χ0n) is 9.74. The summed E-state index contributed by atoms with van der Waals surface area (Å²) in [6, 6.07) is 9.32. The number of nitrogens with zero attached hydrogens (tertiary/aromatic N) is 1. The van der Waals surface area contributed by atoms with Gasteiger partial charge >= 0.3 is 0 Å².